The zero-order chi connectivity index (χ0) is 13.8. The molecule has 18 heavy (non-hydrogen) atoms. The van der Waals surface area contributed by atoms with Gasteiger partial charge in [0.2, 0.25) is 0 Å². The van der Waals surface area contributed by atoms with E-state index in [0.717, 1.165) is 12.1 Å². The van der Waals surface area contributed by atoms with E-state index >= 15 is 0 Å². The molecule has 0 aromatic heterocycles. The van der Waals surface area contributed by atoms with Crippen molar-refractivity contribution in [3.63, 3.8) is 0 Å². The summed E-state index contributed by atoms with van der Waals surface area (Å²) < 4.78 is 0. The van der Waals surface area contributed by atoms with Crippen LogP contribution in [0.15, 0.2) is 24.3 Å². The second kappa shape index (κ2) is 5.78. The average molecular weight is 248 g/mol. The van der Waals surface area contributed by atoms with Crippen LogP contribution in [0.1, 0.15) is 31.9 Å². The highest BCUT2D eigenvalue weighted by atomic mass is 16.6. The van der Waals surface area contributed by atoms with Gasteiger partial charge in [-0.25, -0.2) is 0 Å². The van der Waals surface area contributed by atoms with Gasteiger partial charge < -0.3 is 5.32 Å². The third-order valence-electron chi connectivity index (χ3n) is 2.49. The Morgan fingerprint density at radius 1 is 1.39 bits per heavy atom. The summed E-state index contributed by atoms with van der Waals surface area (Å²) >= 11 is 0. The number of rotatable bonds is 4. The molecule has 0 aliphatic rings. The van der Waals surface area contributed by atoms with Crippen LogP contribution in [0.25, 0.3) is 6.08 Å². The van der Waals surface area contributed by atoms with Crippen molar-refractivity contribution in [2.24, 2.45) is 0 Å². The van der Waals surface area contributed by atoms with Crippen LogP contribution in [-0.4, -0.2) is 17.0 Å². The number of nitro benzene ring substituents is 1. The Balaban J connectivity index is 2.71. The summed E-state index contributed by atoms with van der Waals surface area (Å²) in [5.74, 6) is 0. The van der Waals surface area contributed by atoms with E-state index in [-0.39, 0.29) is 16.1 Å². The van der Waals surface area contributed by atoms with Crippen LogP contribution in [0.4, 0.5) is 5.69 Å². The van der Waals surface area contributed by atoms with E-state index in [0.29, 0.717) is 5.56 Å². The number of nitrogens with one attached hydrogen (secondary N) is 1. The number of hydrogen-bond acceptors (Lipinski definition) is 3. The minimum absolute atomic E-state index is 0.0730. The largest absolute Gasteiger partial charge is 0.309 e. The lowest BCUT2D eigenvalue weighted by atomic mass is 10.1. The molecule has 0 aliphatic carbocycles. The first-order valence-corrected chi connectivity index (χ1v) is 5.96. The molecule has 4 nitrogen and oxygen atoms in total. The Morgan fingerprint density at radius 3 is 2.61 bits per heavy atom. The van der Waals surface area contributed by atoms with Crippen molar-refractivity contribution in [2.75, 3.05) is 6.54 Å². The summed E-state index contributed by atoms with van der Waals surface area (Å²) in [7, 11) is 0. The quantitative estimate of drug-likeness (QED) is 0.657. The molecule has 0 radical (unpaired) electrons. The van der Waals surface area contributed by atoms with Gasteiger partial charge in [-0.15, -0.1) is 0 Å². The summed E-state index contributed by atoms with van der Waals surface area (Å²) in [5, 5.41) is 14.1. The van der Waals surface area contributed by atoms with Gasteiger partial charge in [-0.1, -0.05) is 24.3 Å². The summed E-state index contributed by atoms with van der Waals surface area (Å²) in [6.07, 6.45) is 3.87. The van der Waals surface area contributed by atoms with Gasteiger partial charge in [0.15, 0.2) is 0 Å². The molecule has 0 bridgehead atoms. The maximum atomic E-state index is 10.8. The van der Waals surface area contributed by atoms with Crippen LogP contribution < -0.4 is 5.32 Å². The van der Waals surface area contributed by atoms with Crippen molar-refractivity contribution in [1.29, 1.82) is 0 Å². The molecule has 0 unspecified atom stereocenters. The second-order valence-electron chi connectivity index (χ2n) is 5.34. The molecular formula is C14H20N2O2. The highest BCUT2D eigenvalue weighted by Gasteiger charge is 2.09. The van der Waals surface area contributed by atoms with Crippen LogP contribution in [0, 0.1) is 17.0 Å². The SMILES string of the molecule is Cc1ccc(C=CCNC(C)(C)C)cc1[N+](=O)[O-]. The molecule has 0 spiro atoms. The number of hydrogen-bond donors (Lipinski definition) is 1. The van der Waals surface area contributed by atoms with Crippen molar-refractivity contribution >= 4 is 11.8 Å². The van der Waals surface area contributed by atoms with Gasteiger partial charge in [-0.2, -0.15) is 0 Å². The molecule has 0 amide bonds. The Hall–Kier alpha value is -1.68. The lowest BCUT2D eigenvalue weighted by molar-refractivity contribution is -0.385. The van der Waals surface area contributed by atoms with Crippen LogP contribution in [-0.2, 0) is 0 Å². The normalized spacial score (nSPS) is 12.0. The third-order valence-corrected chi connectivity index (χ3v) is 2.49. The lowest BCUT2D eigenvalue weighted by Gasteiger charge is -2.18. The Labute approximate surface area is 108 Å². The smallest absolute Gasteiger partial charge is 0.272 e. The fourth-order valence-corrected chi connectivity index (χ4v) is 1.49. The number of benzene rings is 1. The highest BCUT2D eigenvalue weighted by Crippen LogP contribution is 2.19. The second-order valence-corrected chi connectivity index (χ2v) is 5.34. The average Bonchev–Trinajstić information content (AvgIpc) is 2.24. The number of aryl methyl sites for hydroxylation is 1. The van der Waals surface area contributed by atoms with Crippen LogP contribution in [0.3, 0.4) is 0 Å². The summed E-state index contributed by atoms with van der Waals surface area (Å²) in [4.78, 5) is 10.5. The topological polar surface area (TPSA) is 55.2 Å². The van der Waals surface area contributed by atoms with Crippen LogP contribution >= 0.6 is 0 Å². The molecule has 0 saturated heterocycles. The summed E-state index contributed by atoms with van der Waals surface area (Å²) in [6, 6.07) is 5.26. The van der Waals surface area contributed by atoms with E-state index in [2.05, 4.69) is 26.1 Å². The monoisotopic (exact) mass is 248 g/mol. The van der Waals surface area contributed by atoms with Crippen LogP contribution in [0.2, 0.25) is 0 Å². The van der Waals surface area contributed by atoms with E-state index in [1.54, 1.807) is 19.1 Å². The minimum Gasteiger partial charge on any atom is -0.309 e. The van der Waals surface area contributed by atoms with Gasteiger partial charge in [-0.05, 0) is 33.3 Å². The summed E-state index contributed by atoms with van der Waals surface area (Å²) in [5.41, 5.74) is 1.78. The van der Waals surface area contributed by atoms with E-state index in [9.17, 15) is 10.1 Å². The predicted octanol–water partition coefficient (Wildman–Crippen LogP) is 3.30. The number of nitro groups is 1. The molecule has 1 aromatic carbocycles. The molecule has 4 heteroatoms. The standard InChI is InChI=1S/C14H20N2O2/c1-11-7-8-12(10-13(11)16(17)18)6-5-9-15-14(2,3)4/h5-8,10,15H,9H2,1-4H3. The lowest BCUT2D eigenvalue weighted by Crippen LogP contribution is -2.35. The van der Waals surface area contributed by atoms with Crippen molar-refractivity contribution in [2.45, 2.75) is 33.2 Å². The van der Waals surface area contributed by atoms with Gasteiger partial charge in [0, 0.05) is 23.7 Å². The molecule has 0 fully saturated rings. The maximum Gasteiger partial charge on any atom is 0.272 e. The fourth-order valence-electron chi connectivity index (χ4n) is 1.49. The van der Waals surface area contributed by atoms with Gasteiger partial charge in [0.1, 0.15) is 0 Å². The zero-order valence-electron chi connectivity index (χ0n) is 11.4. The van der Waals surface area contributed by atoms with Gasteiger partial charge in [0.25, 0.3) is 5.69 Å². The first-order valence-electron chi connectivity index (χ1n) is 5.96. The van der Waals surface area contributed by atoms with E-state index in [1.807, 2.05) is 18.2 Å². The first kappa shape index (κ1) is 14.4. The molecule has 0 atom stereocenters. The maximum absolute atomic E-state index is 10.8. The van der Waals surface area contributed by atoms with Gasteiger partial charge in [0.05, 0.1) is 4.92 Å². The van der Waals surface area contributed by atoms with Gasteiger partial charge in [-0.3, -0.25) is 10.1 Å². The Morgan fingerprint density at radius 2 is 2.06 bits per heavy atom. The van der Waals surface area contributed by atoms with Gasteiger partial charge >= 0.3 is 0 Å². The van der Waals surface area contributed by atoms with Crippen molar-refractivity contribution in [3.8, 4) is 0 Å². The van der Waals surface area contributed by atoms with E-state index < -0.39 is 0 Å². The first-order chi connectivity index (χ1) is 8.29. The zero-order valence-corrected chi connectivity index (χ0v) is 11.4. The van der Waals surface area contributed by atoms with Crippen LogP contribution in [0.5, 0.6) is 0 Å². The molecule has 1 N–H and O–H groups in total. The predicted molar refractivity (Wildman–Crippen MR) is 74.6 cm³/mol. The van der Waals surface area contributed by atoms with Crippen molar-refractivity contribution in [3.05, 3.63) is 45.5 Å². The molecular weight excluding hydrogens is 228 g/mol. The van der Waals surface area contributed by atoms with Crippen molar-refractivity contribution in [1.82, 2.24) is 5.32 Å². The molecule has 1 aromatic rings. The van der Waals surface area contributed by atoms with E-state index in [4.69, 9.17) is 0 Å². The van der Waals surface area contributed by atoms with Crippen molar-refractivity contribution < 1.29 is 4.92 Å². The molecule has 98 valence electrons. The molecule has 0 aliphatic heterocycles. The highest BCUT2D eigenvalue weighted by molar-refractivity contribution is 5.56. The Kier molecular flexibility index (Phi) is 4.62. The number of nitrogens with zero attached hydrogens (tertiary/aromatic N) is 1. The Bertz CT molecular complexity index is 459. The fraction of sp³-hybridized carbons (Fsp3) is 0.429. The third kappa shape index (κ3) is 4.67. The summed E-state index contributed by atoms with van der Waals surface area (Å²) in [6.45, 7) is 8.77. The van der Waals surface area contributed by atoms with E-state index in [1.165, 1.54) is 0 Å². The molecule has 1 rings (SSSR count). The molecule has 0 heterocycles. The minimum atomic E-state index is -0.347. The molecule has 0 saturated carbocycles.